The van der Waals surface area contributed by atoms with Crippen molar-refractivity contribution < 1.29 is 19.0 Å². The molecule has 2 N–H and O–H groups in total. The number of ether oxygens (including phenoxy) is 3. The van der Waals surface area contributed by atoms with Gasteiger partial charge in [0, 0.05) is 0 Å². The Morgan fingerprint density at radius 2 is 1.97 bits per heavy atom. The van der Waals surface area contributed by atoms with Crippen LogP contribution in [0.3, 0.4) is 0 Å². The molecule has 0 spiro atoms. The molecule has 148 valence electrons. The third-order valence-corrected chi connectivity index (χ3v) is 4.52. The molecule has 0 amide bonds. The number of nitrogens with zero attached hydrogens (tertiary/aromatic N) is 1. The van der Waals surface area contributed by atoms with Gasteiger partial charge >= 0.3 is 5.97 Å². The highest BCUT2D eigenvalue weighted by molar-refractivity contribution is 5.89. The fourth-order valence-corrected chi connectivity index (χ4v) is 3.16. The number of benzene rings is 2. The third kappa shape index (κ3) is 4.41. The van der Waals surface area contributed by atoms with Gasteiger partial charge in [0.15, 0.2) is 0 Å². The molecule has 0 aromatic heterocycles. The maximum absolute atomic E-state index is 12.2. The molecule has 2 aromatic carbocycles. The molecule has 0 radical (unpaired) electrons. The summed E-state index contributed by atoms with van der Waals surface area (Å²) in [6.45, 7) is 4.08. The van der Waals surface area contributed by atoms with Gasteiger partial charge in [-0.3, -0.25) is 0 Å². The molecule has 1 aliphatic rings. The molecule has 6 heteroatoms. The van der Waals surface area contributed by atoms with Crippen molar-refractivity contribution in [2.45, 2.75) is 26.4 Å². The van der Waals surface area contributed by atoms with Gasteiger partial charge in [0.2, 0.25) is 5.88 Å². The number of nitriles is 1. The molecule has 1 unspecified atom stereocenters. The molecule has 29 heavy (non-hydrogen) atoms. The highest BCUT2D eigenvalue weighted by Gasteiger charge is 2.33. The van der Waals surface area contributed by atoms with Crippen LogP contribution in [0, 0.1) is 11.3 Å². The van der Waals surface area contributed by atoms with Crippen LogP contribution in [-0.2, 0) is 20.8 Å². The zero-order chi connectivity index (χ0) is 20.8. The SMILES string of the molecule is CCOC(=O)c1cccc(C2C(C#N)=C(N)OC(C)=C2OCc2ccccc2)c1. The summed E-state index contributed by atoms with van der Waals surface area (Å²) in [6.07, 6.45) is 0. The van der Waals surface area contributed by atoms with E-state index in [1.54, 1.807) is 32.0 Å². The Morgan fingerprint density at radius 1 is 1.21 bits per heavy atom. The van der Waals surface area contributed by atoms with Crippen molar-refractivity contribution >= 4 is 5.97 Å². The van der Waals surface area contributed by atoms with Crippen LogP contribution in [0.1, 0.15) is 41.3 Å². The number of carbonyl (C=O) groups is 1. The number of carbonyl (C=O) groups excluding carboxylic acids is 1. The summed E-state index contributed by atoms with van der Waals surface area (Å²) < 4.78 is 16.7. The van der Waals surface area contributed by atoms with E-state index in [4.69, 9.17) is 19.9 Å². The molecule has 6 nitrogen and oxygen atoms in total. The zero-order valence-electron chi connectivity index (χ0n) is 16.3. The van der Waals surface area contributed by atoms with Crippen molar-refractivity contribution in [3.63, 3.8) is 0 Å². The molecule has 1 heterocycles. The van der Waals surface area contributed by atoms with Crippen LogP contribution >= 0.6 is 0 Å². The largest absolute Gasteiger partial charge is 0.489 e. The smallest absolute Gasteiger partial charge is 0.338 e. The standard InChI is InChI=1S/C23H22N2O4/c1-3-27-23(26)18-11-7-10-17(12-18)20-19(13-24)22(25)29-15(2)21(20)28-14-16-8-5-4-6-9-16/h4-12,20H,3,14,25H2,1-2H3. The van der Waals surface area contributed by atoms with Crippen LogP contribution in [0.4, 0.5) is 0 Å². The minimum absolute atomic E-state index is 0.0311. The van der Waals surface area contributed by atoms with Gasteiger partial charge in [0.05, 0.1) is 18.1 Å². The Bertz CT molecular complexity index is 1000. The molecule has 0 saturated carbocycles. The van der Waals surface area contributed by atoms with E-state index in [2.05, 4.69) is 6.07 Å². The fraction of sp³-hybridized carbons (Fsp3) is 0.217. The molecule has 1 aliphatic heterocycles. The normalized spacial score (nSPS) is 16.1. The Labute approximate surface area is 169 Å². The molecule has 0 bridgehead atoms. The van der Waals surface area contributed by atoms with E-state index in [1.807, 2.05) is 36.4 Å². The summed E-state index contributed by atoms with van der Waals surface area (Å²) in [7, 11) is 0. The number of esters is 1. The molecular weight excluding hydrogens is 368 g/mol. The quantitative estimate of drug-likeness (QED) is 0.746. The second kappa shape index (κ2) is 8.98. The van der Waals surface area contributed by atoms with Gasteiger partial charge in [-0.1, -0.05) is 42.5 Å². The van der Waals surface area contributed by atoms with Crippen molar-refractivity contribution in [1.29, 1.82) is 5.26 Å². The maximum atomic E-state index is 12.2. The van der Waals surface area contributed by atoms with Gasteiger partial charge < -0.3 is 19.9 Å². The summed E-state index contributed by atoms with van der Waals surface area (Å²) in [6, 6.07) is 18.7. The van der Waals surface area contributed by atoms with E-state index in [0.29, 0.717) is 29.3 Å². The van der Waals surface area contributed by atoms with Gasteiger partial charge in [-0.25, -0.2) is 4.79 Å². The lowest BCUT2D eigenvalue weighted by Gasteiger charge is -2.28. The molecule has 2 aromatic rings. The number of rotatable bonds is 6. The first-order valence-corrected chi connectivity index (χ1v) is 9.27. The lowest BCUT2D eigenvalue weighted by atomic mass is 9.87. The maximum Gasteiger partial charge on any atom is 0.338 e. The number of hydrogen-bond donors (Lipinski definition) is 1. The van der Waals surface area contributed by atoms with Crippen molar-refractivity contribution in [2.75, 3.05) is 6.61 Å². The first-order chi connectivity index (χ1) is 14.0. The van der Waals surface area contributed by atoms with Crippen LogP contribution in [-0.4, -0.2) is 12.6 Å². The monoisotopic (exact) mass is 390 g/mol. The van der Waals surface area contributed by atoms with E-state index in [9.17, 15) is 10.1 Å². The number of hydrogen-bond acceptors (Lipinski definition) is 6. The zero-order valence-corrected chi connectivity index (χ0v) is 16.3. The summed E-state index contributed by atoms with van der Waals surface area (Å²) in [4.78, 5) is 12.2. The van der Waals surface area contributed by atoms with Crippen molar-refractivity contribution in [2.24, 2.45) is 5.73 Å². The molecule has 3 rings (SSSR count). The molecular formula is C23H22N2O4. The van der Waals surface area contributed by atoms with Crippen LogP contribution in [0.5, 0.6) is 0 Å². The number of allylic oxidation sites excluding steroid dienone is 2. The summed E-state index contributed by atoms with van der Waals surface area (Å²) in [5.74, 6) is -0.00987. The summed E-state index contributed by atoms with van der Waals surface area (Å²) in [5, 5.41) is 9.71. The highest BCUT2D eigenvalue weighted by Crippen LogP contribution is 2.40. The minimum Gasteiger partial charge on any atom is -0.489 e. The van der Waals surface area contributed by atoms with Crippen LogP contribution < -0.4 is 5.73 Å². The van der Waals surface area contributed by atoms with E-state index in [0.717, 1.165) is 5.56 Å². The van der Waals surface area contributed by atoms with Crippen molar-refractivity contribution in [3.8, 4) is 6.07 Å². The second-order valence-corrected chi connectivity index (χ2v) is 6.47. The predicted molar refractivity (Wildman–Crippen MR) is 107 cm³/mol. The summed E-state index contributed by atoms with van der Waals surface area (Å²) >= 11 is 0. The van der Waals surface area contributed by atoms with Crippen LogP contribution in [0.25, 0.3) is 0 Å². The van der Waals surface area contributed by atoms with E-state index in [-0.39, 0.29) is 18.1 Å². The van der Waals surface area contributed by atoms with Gasteiger partial charge in [-0.15, -0.1) is 0 Å². The van der Waals surface area contributed by atoms with Gasteiger partial charge in [0.25, 0.3) is 0 Å². The predicted octanol–water partition coefficient (Wildman–Crippen LogP) is 4.12. The molecule has 0 aliphatic carbocycles. The van der Waals surface area contributed by atoms with E-state index < -0.39 is 11.9 Å². The number of nitrogens with two attached hydrogens (primary N) is 1. The first-order valence-electron chi connectivity index (χ1n) is 9.27. The average molecular weight is 390 g/mol. The Kier molecular flexibility index (Phi) is 6.20. The van der Waals surface area contributed by atoms with E-state index in [1.165, 1.54) is 0 Å². The Hall–Kier alpha value is -3.72. The van der Waals surface area contributed by atoms with Crippen molar-refractivity contribution in [1.82, 2.24) is 0 Å². The average Bonchev–Trinajstić information content (AvgIpc) is 2.73. The Morgan fingerprint density at radius 3 is 2.66 bits per heavy atom. The van der Waals surface area contributed by atoms with E-state index >= 15 is 0 Å². The third-order valence-electron chi connectivity index (χ3n) is 4.52. The highest BCUT2D eigenvalue weighted by atomic mass is 16.5. The van der Waals surface area contributed by atoms with Crippen molar-refractivity contribution in [3.05, 3.63) is 94.3 Å². The second-order valence-electron chi connectivity index (χ2n) is 6.47. The first kappa shape index (κ1) is 20.0. The summed E-state index contributed by atoms with van der Waals surface area (Å²) in [5.41, 5.74) is 8.28. The Balaban J connectivity index is 1.99. The van der Waals surface area contributed by atoms with Gasteiger partial charge in [-0.05, 0) is 37.1 Å². The topological polar surface area (TPSA) is 94.6 Å². The van der Waals surface area contributed by atoms with Gasteiger partial charge in [-0.2, -0.15) is 5.26 Å². The minimum atomic E-state index is -0.577. The molecule has 1 atom stereocenters. The molecule has 0 saturated heterocycles. The fourth-order valence-electron chi connectivity index (χ4n) is 3.16. The molecule has 0 fully saturated rings. The van der Waals surface area contributed by atoms with Gasteiger partial charge in [0.1, 0.15) is 29.8 Å². The lowest BCUT2D eigenvalue weighted by molar-refractivity contribution is 0.0526. The lowest BCUT2D eigenvalue weighted by Crippen LogP contribution is -2.22. The van der Waals surface area contributed by atoms with Crippen LogP contribution in [0.2, 0.25) is 0 Å². The van der Waals surface area contributed by atoms with Crippen LogP contribution in [0.15, 0.2) is 77.6 Å².